The number of fused-ring (bicyclic) bond motifs is 1. The highest BCUT2D eigenvalue weighted by atomic mass is 19.4. The fraction of sp³-hybridized carbons (Fsp3) is 0.276. The molecule has 0 atom stereocenters. The highest BCUT2D eigenvalue weighted by Crippen LogP contribution is 2.33. The van der Waals surface area contributed by atoms with Crippen molar-refractivity contribution in [2.75, 3.05) is 38.0 Å². The summed E-state index contributed by atoms with van der Waals surface area (Å²) in [7, 11) is 0. The second kappa shape index (κ2) is 12.4. The summed E-state index contributed by atoms with van der Waals surface area (Å²) in [5.74, 6) is 5.70. The van der Waals surface area contributed by atoms with Gasteiger partial charge in [0.15, 0.2) is 0 Å². The number of hydrogen-bond donors (Lipinski definition) is 1. The molecule has 3 aromatic heterocycles. The van der Waals surface area contributed by atoms with Gasteiger partial charge in [-0.2, -0.15) is 18.2 Å². The van der Waals surface area contributed by atoms with Gasteiger partial charge in [-0.25, -0.2) is 9.97 Å². The van der Waals surface area contributed by atoms with Crippen LogP contribution in [0, 0.1) is 11.8 Å². The molecular formula is C29H26F3N7O3. The molecule has 1 aliphatic heterocycles. The molecule has 216 valence electrons. The molecule has 0 spiro atoms. The van der Waals surface area contributed by atoms with Gasteiger partial charge in [0.25, 0.3) is 12.4 Å². The molecular weight excluding hydrogens is 551 g/mol. The molecule has 1 fully saturated rings. The zero-order valence-electron chi connectivity index (χ0n) is 22.6. The molecule has 0 aliphatic carbocycles. The van der Waals surface area contributed by atoms with Crippen molar-refractivity contribution in [1.29, 1.82) is 0 Å². The molecule has 42 heavy (non-hydrogen) atoms. The number of piperazine rings is 1. The fourth-order valence-electron chi connectivity index (χ4n) is 4.57. The molecule has 1 amide bonds. The van der Waals surface area contributed by atoms with Crippen LogP contribution >= 0.6 is 0 Å². The molecule has 13 heteroatoms. The predicted molar refractivity (Wildman–Crippen MR) is 147 cm³/mol. The molecule has 1 N–H and O–H groups in total. The Morgan fingerprint density at radius 3 is 2.55 bits per heavy atom. The second-order valence-corrected chi connectivity index (χ2v) is 9.56. The van der Waals surface area contributed by atoms with Crippen molar-refractivity contribution in [2.24, 2.45) is 0 Å². The highest BCUT2D eigenvalue weighted by Gasteiger charge is 2.34. The van der Waals surface area contributed by atoms with E-state index >= 15 is 0 Å². The van der Waals surface area contributed by atoms with Crippen molar-refractivity contribution in [3.63, 3.8) is 0 Å². The number of benzene rings is 1. The van der Waals surface area contributed by atoms with E-state index in [-0.39, 0.29) is 35.8 Å². The van der Waals surface area contributed by atoms with Gasteiger partial charge in [-0.1, -0.05) is 24.8 Å². The van der Waals surface area contributed by atoms with E-state index < -0.39 is 17.6 Å². The van der Waals surface area contributed by atoms with Gasteiger partial charge in [0.1, 0.15) is 5.82 Å². The summed E-state index contributed by atoms with van der Waals surface area (Å²) in [5.41, 5.74) is 0.222. The number of carbonyl (C=O) groups is 2. The number of likely N-dealkylation sites (N-methyl/N-ethyl adjacent to an activating group) is 1. The van der Waals surface area contributed by atoms with Gasteiger partial charge in [-0.15, -0.1) is 0 Å². The first-order chi connectivity index (χ1) is 20.2. The predicted octanol–water partition coefficient (Wildman–Crippen LogP) is 3.47. The molecule has 1 aromatic carbocycles. The first-order valence-corrected chi connectivity index (χ1v) is 13.1. The van der Waals surface area contributed by atoms with E-state index in [1.807, 2.05) is 4.90 Å². The summed E-state index contributed by atoms with van der Waals surface area (Å²) in [6, 6.07) is 6.80. The van der Waals surface area contributed by atoms with Crippen molar-refractivity contribution in [2.45, 2.75) is 19.6 Å². The third kappa shape index (κ3) is 6.91. The first-order valence-electron chi connectivity index (χ1n) is 13.1. The Balaban J connectivity index is 1.29. The van der Waals surface area contributed by atoms with Crippen LogP contribution in [-0.4, -0.2) is 74.3 Å². The van der Waals surface area contributed by atoms with Gasteiger partial charge in [0.2, 0.25) is 11.7 Å². The maximum absolute atomic E-state index is 14.0. The number of alkyl halides is 3. The van der Waals surface area contributed by atoms with Crippen LogP contribution in [0.15, 0.2) is 55.1 Å². The summed E-state index contributed by atoms with van der Waals surface area (Å²) in [5, 5.41) is 2.56. The van der Waals surface area contributed by atoms with E-state index in [0.29, 0.717) is 30.0 Å². The number of halogens is 3. The zero-order valence-corrected chi connectivity index (χ0v) is 22.6. The molecule has 4 aromatic rings. The third-order valence-electron chi connectivity index (χ3n) is 6.79. The van der Waals surface area contributed by atoms with E-state index in [1.54, 1.807) is 16.7 Å². The molecule has 0 saturated carbocycles. The van der Waals surface area contributed by atoms with Crippen LogP contribution in [0.3, 0.4) is 0 Å². The van der Waals surface area contributed by atoms with Crippen LogP contribution in [0.25, 0.3) is 5.78 Å². The maximum atomic E-state index is 14.0. The normalized spacial score (nSPS) is 14.3. The number of pyridine rings is 1. The summed E-state index contributed by atoms with van der Waals surface area (Å²) in [6.45, 7) is 6.39. The molecule has 0 bridgehead atoms. The Labute approximate surface area is 239 Å². The molecule has 0 unspecified atom stereocenters. The molecule has 10 nitrogen and oxygen atoms in total. The molecule has 1 saturated heterocycles. The average Bonchev–Trinajstić information content (AvgIpc) is 3.38. The third-order valence-corrected chi connectivity index (χ3v) is 6.79. The number of ether oxygens (including phenoxy) is 1. The summed E-state index contributed by atoms with van der Waals surface area (Å²) in [4.78, 5) is 39.9. The van der Waals surface area contributed by atoms with E-state index in [1.165, 1.54) is 36.8 Å². The van der Waals surface area contributed by atoms with Crippen LogP contribution < -0.4 is 10.1 Å². The summed E-state index contributed by atoms with van der Waals surface area (Å²) >= 11 is 0. The number of rotatable bonds is 7. The van der Waals surface area contributed by atoms with Gasteiger partial charge >= 0.3 is 6.18 Å². The molecule has 0 radical (unpaired) electrons. The monoisotopic (exact) mass is 577 g/mol. The van der Waals surface area contributed by atoms with E-state index in [4.69, 9.17) is 4.74 Å². The minimum absolute atomic E-state index is 0.0968. The fourth-order valence-corrected chi connectivity index (χ4v) is 4.57. The van der Waals surface area contributed by atoms with Crippen molar-refractivity contribution < 1.29 is 27.5 Å². The molecule has 5 rings (SSSR count). The Morgan fingerprint density at radius 1 is 1.05 bits per heavy atom. The number of nitrogens with zero attached hydrogens (tertiary/aromatic N) is 6. The van der Waals surface area contributed by atoms with Crippen LogP contribution in [0.5, 0.6) is 5.88 Å². The van der Waals surface area contributed by atoms with Crippen LogP contribution in [0.2, 0.25) is 0 Å². The Kier molecular flexibility index (Phi) is 8.46. The van der Waals surface area contributed by atoms with E-state index in [9.17, 15) is 22.8 Å². The van der Waals surface area contributed by atoms with Gasteiger partial charge < -0.3 is 15.0 Å². The maximum Gasteiger partial charge on any atom is 0.416 e. The lowest BCUT2D eigenvalue weighted by Crippen LogP contribution is -2.45. The quantitative estimate of drug-likeness (QED) is 0.263. The molecule has 1 aliphatic rings. The van der Waals surface area contributed by atoms with Crippen LogP contribution in [0.4, 0.5) is 19.0 Å². The number of aromatic nitrogens is 4. The van der Waals surface area contributed by atoms with Crippen LogP contribution in [0.1, 0.15) is 39.5 Å². The van der Waals surface area contributed by atoms with Crippen molar-refractivity contribution >= 4 is 24.0 Å². The highest BCUT2D eigenvalue weighted by molar-refractivity contribution is 6.04. The van der Waals surface area contributed by atoms with Crippen molar-refractivity contribution in [3.8, 4) is 17.7 Å². The minimum atomic E-state index is -4.61. The summed E-state index contributed by atoms with van der Waals surface area (Å²) in [6.07, 6.45) is 1.45. The molecule has 4 heterocycles. The van der Waals surface area contributed by atoms with Gasteiger partial charge in [-0.05, 0) is 36.4 Å². The van der Waals surface area contributed by atoms with E-state index in [0.717, 1.165) is 25.7 Å². The largest absolute Gasteiger partial charge is 0.416 e. The van der Waals surface area contributed by atoms with Gasteiger partial charge in [0.05, 0.1) is 17.3 Å². The zero-order chi connectivity index (χ0) is 29.7. The average molecular weight is 578 g/mol. The summed E-state index contributed by atoms with van der Waals surface area (Å²) < 4.78 is 48.2. The number of hydrogen-bond acceptors (Lipinski definition) is 8. The first kappa shape index (κ1) is 28.7. The Hall–Kier alpha value is -4.80. The van der Waals surface area contributed by atoms with E-state index in [2.05, 4.69) is 43.9 Å². The Bertz CT molecular complexity index is 1670. The SMILES string of the molecule is CCN1CCN(Cc2ccc(C(=O)Nc3cc(C#Cc4cnc5nc(OC=O)cn5c4)ccn3)cc2C(F)(F)F)CC1. The number of imidazole rings is 1. The lowest BCUT2D eigenvalue weighted by atomic mass is 10.0. The standard InChI is InChI=1S/C29H26F3N7O3/c1-2-37-9-11-38(12-10-37)17-23-6-5-22(14-24(23)29(30,31)32)27(41)35-25-13-20(7-8-33-25)3-4-21-15-34-28-36-26(42-19-40)18-39(28)16-21/h5-8,13-16,18-19H,2,9-12,17H2,1H3,(H,33,35,41). The lowest BCUT2D eigenvalue weighted by Gasteiger charge is -2.34. The topological polar surface area (TPSA) is 105 Å². The lowest BCUT2D eigenvalue weighted by molar-refractivity contribution is -0.138. The van der Waals surface area contributed by atoms with Crippen molar-refractivity contribution in [1.82, 2.24) is 29.2 Å². The number of nitrogens with one attached hydrogen (secondary N) is 1. The van der Waals surface area contributed by atoms with Crippen molar-refractivity contribution in [3.05, 3.63) is 82.9 Å². The number of anilines is 1. The second-order valence-electron chi connectivity index (χ2n) is 9.56. The Morgan fingerprint density at radius 2 is 1.81 bits per heavy atom. The number of amides is 1. The van der Waals surface area contributed by atoms with Gasteiger partial charge in [-0.3, -0.25) is 18.9 Å². The smallest absolute Gasteiger partial charge is 0.408 e. The van der Waals surface area contributed by atoms with Gasteiger partial charge in [0, 0.05) is 62.4 Å². The minimum Gasteiger partial charge on any atom is -0.408 e. The van der Waals surface area contributed by atoms with Crippen LogP contribution in [-0.2, 0) is 17.5 Å². The number of carbonyl (C=O) groups excluding carboxylic acids is 2.